The van der Waals surface area contributed by atoms with Crippen LogP contribution in [0.2, 0.25) is 0 Å². The SMILES string of the molecule is CC(NC(=O)OCOP(=O)(O)O)C(=O)O. The highest BCUT2D eigenvalue weighted by Gasteiger charge is 2.17. The number of aliphatic carboxylic acids is 1. The van der Waals surface area contributed by atoms with Crippen LogP contribution >= 0.6 is 7.82 Å². The number of carboxylic acid groups (broad SMARTS) is 1. The Hall–Kier alpha value is -1.15. The Labute approximate surface area is 84.2 Å². The molecule has 0 spiro atoms. The average Bonchev–Trinajstić information content (AvgIpc) is 2.01. The van der Waals surface area contributed by atoms with Crippen LogP contribution in [0.15, 0.2) is 0 Å². The van der Waals surface area contributed by atoms with Crippen molar-refractivity contribution in [3.63, 3.8) is 0 Å². The normalized spacial score (nSPS) is 13.0. The molecular weight excluding hydrogens is 233 g/mol. The van der Waals surface area contributed by atoms with Gasteiger partial charge in [0.15, 0.2) is 0 Å². The number of carbonyl (C=O) groups excluding carboxylic acids is 1. The third-order valence-electron chi connectivity index (χ3n) is 1.12. The van der Waals surface area contributed by atoms with Crippen molar-refractivity contribution < 1.29 is 38.3 Å². The van der Waals surface area contributed by atoms with Gasteiger partial charge in [0.25, 0.3) is 0 Å². The van der Waals surface area contributed by atoms with Crippen LogP contribution in [-0.2, 0) is 18.6 Å². The molecule has 0 heterocycles. The topological polar surface area (TPSA) is 142 Å². The number of amides is 1. The number of phosphoric acid groups is 1. The zero-order chi connectivity index (χ0) is 12.1. The van der Waals surface area contributed by atoms with Gasteiger partial charge < -0.3 is 24.9 Å². The van der Waals surface area contributed by atoms with E-state index in [1.54, 1.807) is 0 Å². The second-order valence-corrected chi connectivity index (χ2v) is 3.61. The quantitative estimate of drug-likeness (QED) is 0.365. The lowest BCUT2D eigenvalue weighted by atomic mass is 10.4. The molecule has 0 aromatic rings. The highest BCUT2D eigenvalue weighted by atomic mass is 31.2. The first-order valence-electron chi connectivity index (χ1n) is 3.58. The Bertz CT molecular complexity index is 285. The molecule has 0 bridgehead atoms. The summed E-state index contributed by atoms with van der Waals surface area (Å²) in [5, 5.41) is 10.2. The Balaban J connectivity index is 3.77. The van der Waals surface area contributed by atoms with Gasteiger partial charge >= 0.3 is 19.9 Å². The molecule has 1 amide bonds. The number of phosphoric ester groups is 1. The first-order chi connectivity index (χ1) is 6.72. The van der Waals surface area contributed by atoms with Crippen LogP contribution in [0.3, 0.4) is 0 Å². The van der Waals surface area contributed by atoms with E-state index in [2.05, 4.69) is 9.26 Å². The molecule has 0 saturated carbocycles. The van der Waals surface area contributed by atoms with E-state index in [1.165, 1.54) is 6.92 Å². The average molecular weight is 243 g/mol. The van der Waals surface area contributed by atoms with Crippen LogP contribution < -0.4 is 5.32 Å². The lowest BCUT2D eigenvalue weighted by molar-refractivity contribution is -0.138. The standard InChI is InChI=1S/C5H10NO8P/c1-3(4(7)8)6-5(9)13-2-14-15(10,11)12/h3H,2H2,1H3,(H,6,9)(H,7,8)(H2,10,11,12). The van der Waals surface area contributed by atoms with Gasteiger partial charge in [0.2, 0.25) is 6.79 Å². The summed E-state index contributed by atoms with van der Waals surface area (Å²) in [7, 11) is -4.70. The number of carbonyl (C=O) groups is 2. The van der Waals surface area contributed by atoms with Gasteiger partial charge in [-0.3, -0.25) is 4.79 Å². The summed E-state index contributed by atoms with van der Waals surface area (Å²) >= 11 is 0. The molecule has 0 aliphatic heterocycles. The van der Waals surface area contributed by atoms with Crippen molar-refractivity contribution >= 4 is 19.9 Å². The van der Waals surface area contributed by atoms with Crippen LogP contribution in [0.1, 0.15) is 6.92 Å². The highest BCUT2D eigenvalue weighted by molar-refractivity contribution is 7.46. The zero-order valence-corrected chi connectivity index (χ0v) is 8.51. The fourth-order valence-corrected chi connectivity index (χ4v) is 0.619. The molecule has 4 N–H and O–H groups in total. The lowest BCUT2D eigenvalue weighted by Crippen LogP contribution is -2.38. The number of hydrogen-bond donors (Lipinski definition) is 4. The molecule has 0 aromatic carbocycles. The van der Waals surface area contributed by atoms with Crippen LogP contribution in [-0.4, -0.2) is 39.8 Å². The molecule has 0 aromatic heterocycles. The van der Waals surface area contributed by atoms with Crippen molar-refractivity contribution in [3.8, 4) is 0 Å². The third kappa shape index (κ3) is 7.89. The van der Waals surface area contributed by atoms with E-state index in [1.807, 2.05) is 5.32 Å². The van der Waals surface area contributed by atoms with Gasteiger partial charge in [-0.2, -0.15) is 0 Å². The van der Waals surface area contributed by atoms with Crippen molar-refractivity contribution in [3.05, 3.63) is 0 Å². The van der Waals surface area contributed by atoms with E-state index in [9.17, 15) is 14.2 Å². The van der Waals surface area contributed by atoms with Crippen LogP contribution in [0.4, 0.5) is 4.79 Å². The Morgan fingerprint density at radius 1 is 1.47 bits per heavy atom. The summed E-state index contributed by atoms with van der Waals surface area (Å²) in [6, 6.07) is -1.17. The molecule has 0 aliphatic carbocycles. The number of ether oxygens (including phenoxy) is 1. The van der Waals surface area contributed by atoms with Gasteiger partial charge in [0, 0.05) is 0 Å². The first kappa shape index (κ1) is 13.8. The summed E-state index contributed by atoms with van der Waals surface area (Å²) in [5.74, 6) is -1.28. The molecule has 10 heteroatoms. The number of nitrogens with one attached hydrogen (secondary N) is 1. The van der Waals surface area contributed by atoms with Gasteiger partial charge in [-0.05, 0) is 6.92 Å². The smallest absolute Gasteiger partial charge is 0.472 e. The van der Waals surface area contributed by atoms with Crippen LogP contribution in [0.5, 0.6) is 0 Å². The van der Waals surface area contributed by atoms with Gasteiger partial charge in [0.05, 0.1) is 0 Å². The van der Waals surface area contributed by atoms with E-state index >= 15 is 0 Å². The molecule has 88 valence electrons. The first-order valence-corrected chi connectivity index (χ1v) is 5.11. The molecule has 0 aliphatic rings. The Morgan fingerprint density at radius 2 is 2.00 bits per heavy atom. The van der Waals surface area contributed by atoms with Crippen molar-refractivity contribution in [2.45, 2.75) is 13.0 Å². The van der Waals surface area contributed by atoms with E-state index in [0.29, 0.717) is 0 Å². The number of carboxylic acids is 1. The van der Waals surface area contributed by atoms with Crippen molar-refractivity contribution in [1.82, 2.24) is 5.32 Å². The molecule has 0 rings (SSSR count). The van der Waals surface area contributed by atoms with E-state index in [-0.39, 0.29) is 0 Å². The van der Waals surface area contributed by atoms with E-state index in [4.69, 9.17) is 14.9 Å². The second kappa shape index (κ2) is 5.66. The summed E-state index contributed by atoms with van der Waals surface area (Å²) in [6.45, 7) is 0.218. The molecule has 0 fully saturated rings. The number of rotatable bonds is 5. The number of hydrogen-bond acceptors (Lipinski definition) is 5. The zero-order valence-electron chi connectivity index (χ0n) is 7.61. The van der Waals surface area contributed by atoms with Crippen molar-refractivity contribution in [2.24, 2.45) is 0 Å². The van der Waals surface area contributed by atoms with Gasteiger partial charge in [-0.25, -0.2) is 13.9 Å². The molecule has 1 atom stereocenters. The predicted octanol–water partition coefficient (Wildman–Crippen LogP) is -0.748. The third-order valence-corrected chi connectivity index (χ3v) is 1.56. The van der Waals surface area contributed by atoms with Crippen molar-refractivity contribution in [2.75, 3.05) is 6.79 Å². The van der Waals surface area contributed by atoms with Gasteiger partial charge in [-0.1, -0.05) is 0 Å². The predicted molar refractivity (Wildman–Crippen MR) is 44.7 cm³/mol. The Kier molecular flexibility index (Phi) is 5.23. The summed E-state index contributed by atoms with van der Waals surface area (Å²) < 4.78 is 18.0. The molecule has 9 nitrogen and oxygen atoms in total. The van der Waals surface area contributed by atoms with Crippen LogP contribution in [0, 0.1) is 0 Å². The Morgan fingerprint density at radius 3 is 2.40 bits per heavy atom. The van der Waals surface area contributed by atoms with Crippen LogP contribution in [0.25, 0.3) is 0 Å². The summed E-state index contributed by atoms with van der Waals surface area (Å²) in [6.07, 6.45) is -1.15. The lowest BCUT2D eigenvalue weighted by Gasteiger charge is -2.10. The van der Waals surface area contributed by atoms with E-state index in [0.717, 1.165) is 0 Å². The maximum atomic E-state index is 10.7. The fraction of sp³-hybridized carbons (Fsp3) is 0.600. The fourth-order valence-electron chi connectivity index (χ4n) is 0.429. The maximum absolute atomic E-state index is 10.7. The highest BCUT2D eigenvalue weighted by Crippen LogP contribution is 2.35. The molecule has 1 unspecified atom stereocenters. The molecule has 0 saturated heterocycles. The van der Waals surface area contributed by atoms with Gasteiger partial charge in [-0.15, -0.1) is 0 Å². The minimum Gasteiger partial charge on any atom is -0.480 e. The monoisotopic (exact) mass is 243 g/mol. The summed E-state index contributed by atoms with van der Waals surface area (Å²) in [5.41, 5.74) is 0. The summed E-state index contributed by atoms with van der Waals surface area (Å²) in [4.78, 5) is 37.3. The maximum Gasteiger partial charge on any atom is 0.472 e. The largest absolute Gasteiger partial charge is 0.480 e. The van der Waals surface area contributed by atoms with Crippen molar-refractivity contribution in [1.29, 1.82) is 0 Å². The molecular formula is C5H10NO8P. The molecule has 15 heavy (non-hydrogen) atoms. The number of alkyl carbamates (subject to hydrolysis) is 1. The van der Waals surface area contributed by atoms with E-state index < -0.39 is 32.7 Å². The minimum atomic E-state index is -4.70. The second-order valence-electron chi connectivity index (χ2n) is 2.37. The molecule has 0 radical (unpaired) electrons. The van der Waals surface area contributed by atoms with Gasteiger partial charge in [0.1, 0.15) is 6.04 Å². The minimum absolute atomic E-state index is 0.970.